The molecule has 0 bridgehead atoms. The number of nitrogens with zero attached hydrogens (tertiary/aromatic N) is 4. The minimum atomic E-state index is -1.01. The number of carboxylic acids is 1. The lowest BCUT2D eigenvalue weighted by molar-refractivity contribution is -0.152. The summed E-state index contributed by atoms with van der Waals surface area (Å²) in [5.74, 6) is 0.883. The Labute approximate surface area is 157 Å². The number of hydrogen-bond acceptors (Lipinski definition) is 5. The fraction of sp³-hybridized carbons (Fsp3) is 0.474. The van der Waals surface area contributed by atoms with E-state index in [1.54, 1.807) is 11.5 Å². The van der Waals surface area contributed by atoms with E-state index in [4.69, 9.17) is 4.74 Å². The van der Waals surface area contributed by atoms with Crippen LogP contribution in [0.15, 0.2) is 24.3 Å². The van der Waals surface area contributed by atoms with E-state index in [9.17, 15) is 14.7 Å². The Morgan fingerprint density at radius 1 is 1.26 bits per heavy atom. The van der Waals surface area contributed by atoms with Crippen LogP contribution in [0, 0.1) is 6.92 Å². The van der Waals surface area contributed by atoms with E-state index in [0.29, 0.717) is 24.7 Å². The molecule has 0 radical (unpaired) electrons. The van der Waals surface area contributed by atoms with Crippen LogP contribution in [0.3, 0.4) is 0 Å². The zero-order valence-corrected chi connectivity index (χ0v) is 15.6. The quantitative estimate of drug-likeness (QED) is 0.796. The van der Waals surface area contributed by atoms with Crippen LogP contribution in [0.4, 0.5) is 0 Å². The molecule has 1 aromatic heterocycles. The lowest BCUT2D eigenvalue weighted by Crippen LogP contribution is -2.50. The molecule has 1 atom stereocenters. The van der Waals surface area contributed by atoms with Crippen molar-refractivity contribution >= 4 is 11.9 Å². The average Bonchev–Trinajstić information content (AvgIpc) is 3.04. The number of benzene rings is 1. The topological polar surface area (TPSA) is 97.5 Å². The van der Waals surface area contributed by atoms with Crippen molar-refractivity contribution in [3.8, 4) is 5.75 Å². The molecule has 1 N–H and O–H groups in total. The zero-order valence-electron chi connectivity index (χ0n) is 15.6. The van der Waals surface area contributed by atoms with Crippen molar-refractivity contribution in [2.75, 3.05) is 6.61 Å². The minimum Gasteiger partial charge on any atom is -0.494 e. The number of aromatic nitrogens is 3. The van der Waals surface area contributed by atoms with Gasteiger partial charge in [0.05, 0.1) is 19.7 Å². The molecule has 1 amide bonds. The van der Waals surface area contributed by atoms with Crippen molar-refractivity contribution in [3.63, 3.8) is 0 Å². The number of carbonyl (C=O) groups is 2. The van der Waals surface area contributed by atoms with E-state index in [2.05, 4.69) is 17.1 Å². The highest BCUT2D eigenvalue weighted by Crippen LogP contribution is 2.20. The Morgan fingerprint density at radius 2 is 2.00 bits per heavy atom. The van der Waals surface area contributed by atoms with Crippen molar-refractivity contribution in [1.82, 2.24) is 19.7 Å². The first-order chi connectivity index (χ1) is 13.0. The van der Waals surface area contributed by atoms with Gasteiger partial charge in [-0.3, -0.25) is 4.79 Å². The minimum absolute atomic E-state index is 0.167. The lowest BCUT2D eigenvalue weighted by Gasteiger charge is -2.33. The molecule has 1 unspecified atom stereocenters. The van der Waals surface area contributed by atoms with Crippen LogP contribution in [-0.4, -0.2) is 49.3 Å². The van der Waals surface area contributed by atoms with Gasteiger partial charge in [0.25, 0.3) is 0 Å². The summed E-state index contributed by atoms with van der Waals surface area (Å²) in [7, 11) is 0. The molecule has 27 heavy (non-hydrogen) atoms. The van der Waals surface area contributed by atoms with Crippen molar-refractivity contribution < 1.29 is 19.4 Å². The fourth-order valence-corrected chi connectivity index (χ4v) is 3.15. The number of carboxylic acid groups (broad SMARTS) is 1. The second-order valence-electron chi connectivity index (χ2n) is 6.64. The predicted molar refractivity (Wildman–Crippen MR) is 97.3 cm³/mol. The molecule has 1 aliphatic heterocycles. The molecule has 0 saturated heterocycles. The highest BCUT2D eigenvalue weighted by Gasteiger charge is 2.35. The second-order valence-corrected chi connectivity index (χ2v) is 6.64. The molecule has 1 aliphatic rings. The van der Waals surface area contributed by atoms with Crippen molar-refractivity contribution in [2.45, 2.75) is 52.2 Å². The van der Waals surface area contributed by atoms with Gasteiger partial charge in [-0.05, 0) is 37.5 Å². The number of ether oxygens (including phenoxy) is 1. The third-order valence-corrected chi connectivity index (χ3v) is 4.69. The van der Waals surface area contributed by atoms with Gasteiger partial charge in [0.2, 0.25) is 5.91 Å². The van der Waals surface area contributed by atoms with Crippen LogP contribution >= 0.6 is 0 Å². The van der Waals surface area contributed by atoms with Crippen molar-refractivity contribution in [3.05, 3.63) is 41.5 Å². The number of carbonyl (C=O) groups excluding carboxylic acids is 1. The molecule has 3 rings (SSSR count). The van der Waals surface area contributed by atoms with Crippen LogP contribution in [0.2, 0.25) is 0 Å². The van der Waals surface area contributed by atoms with Crippen molar-refractivity contribution in [2.24, 2.45) is 0 Å². The summed E-state index contributed by atoms with van der Waals surface area (Å²) in [5, 5.41) is 17.6. The maximum Gasteiger partial charge on any atom is 0.328 e. The molecule has 8 heteroatoms. The number of rotatable bonds is 7. The van der Waals surface area contributed by atoms with Gasteiger partial charge < -0.3 is 19.3 Å². The van der Waals surface area contributed by atoms with Gasteiger partial charge in [0.15, 0.2) is 5.82 Å². The van der Waals surface area contributed by atoms with Gasteiger partial charge in [-0.2, -0.15) is 0 Å². The monoisotopic (exact) mass is 372 g/mol. The molecule has 2 heterocycles. The Bertz CT molecular complexity index is 816. The number of aryl methyl sites for hydroxylation is 2. The first-order valence-corrected chi connectivity index (χ1v) is 9.12. The summed E-state index contributed by atoms with van der Waals surface area (Å²) in [6.45, 7) is 4.85. The first-order valence-electron chi connectivity index (χ1n) is 9.12. The maximum absolute atomic E-state index is 12.7. The third kappa shape index (κ3) is 4.27. The maximum atomic E-state index is 12.7. The standard InChI is InChI=1S/C19H24N4O4/c1-3-10-27-15-7-4-14(5-8-15)6-9-18(24)23-12-17-21-20-13(2)22(17)11-16(23)19(25)26/h4-5,7-8,16H,3,6,9-12H2,1-2H3,(H,25,26). The Balaban J connectivity index is 1.63. The van der Waals surface area contributed by atoms with Gasteiger partial charge in [0.1, 0.15) is 17.6 Å². The van der Waals surface area contributed by atoms with Crippen LogP contribution in [0.5, 0.6) is 5.75 Å². The number of hydrogen-bond donors (Lipinski definition) is 1. The van der Waals surface area contributed by atoms with Gasteiger partial charge >= 0.3 is 5.97 Å². The molecule has 0 spiro atoms. The van der Waals surface area contributed by atoms with Gasteiger partial charge in [-0.1, -0.05) is 19.1 Å². The molecular weight excluding hydrogens is 348 g/mol. The number of fused-ring (bicyclic) bond motifs is 1. The van der Waals surface area contributed by atoms with E-state index in [1.807, 2.05) is 24.3 Å². The normalized spacial score (nSPS) is 16.1. The molecule has 144 valence electrons. The van der Waals surface area contributed by atoms with E-state index in [-0.39, 0.29) is 25.4 Å². The van der Waals surface area contributed by atoms with E-state index in [1.165, 1.54) is 4.90 Å². The second kappa shape index (κ2) is 8.20. The van der Waals surface area contributed by atoms with E-state index < -0.39 is 12.0 Å². The number of aliphatic carboxylic acids is 1. The fourth-order valence-electron chi connectivity index (χ4n) is 3.15. The van der Waals surface area contributed by atoms with Crippen LogP contribution in [0.25, 0.3) is 0 Å². The summed E-state index contributed by atoms with van der Waals surface area (Å²) in [6, 6.07) is 6.75. The molecule has 1 aromatic carbocycles. The summed E-state index contributed by atoms with van der Waals surface area (Å²) in [6.07, 6.45) is 1.73. The van der Waals surface area contributed by atoms with Gasteiger partial charge in [0, 0.05) is 6.42 Å². The molecule has 0 saturated carbocycles. The summed E-state index contributed by atoms with van der Waals surface area (Å²) in [4.78, 5) is 25.7. The third-order valence-electron chi connectivity index (χ3n) is 4.69. The smallest absolute Gasteiger partial charge is 0.328 e. The number of amides is 1. The predicted octanol–water partition coefficient (Wildman–Crippen LogP) is 1.80. The molecule has 0 fully saturated rings. The van der Waals surface area contributed by atoms with Crippen LogP contribution in [0.1, 0.15) is 37.0 Å². The van der Waals surface area contributed by atoms with E-state index >= 15 is 0 Å². The average molecular weight is 372 g/mol. The SMILES string of the molecule is CCCOc1ccc(CCC(=O)N2Cc3nnc(C)n3CC2C(=O)O)cc1. The summed E-state index contributed by atoms with van der Waals surface area (Å²) < 4.78 is 7.31. The molecule has 2 aromatic rings. The highest BCUT2D eigenvalue weighted by atomic mass is 16.5. The molecular formula is C19H24N4O4. The van der Waals surface area contributed by atoms with Crippen LogP contribution < -0.4 is 4.74 Å². The highest BCUT2D eigenvalue weighted by molar-refractivity contribution is 5.84. The van der Waals surface area contributed by atoms with Gasteiger partial charge in [-0.15, -0.1) is 10.2 Å². The Kier molecular flexibility index (Phi) is 5.73. The van der Waals surface area contributed by atoms with Crippen LogP contribution in [-0.2, 0) is 29.1 Å². The van der Waals surface area contributed by atoms with Crippen molar-refractivity contribution in [1.29, 1.82) is 0 Å². The first kappa shape index (κ1) is 18.9. The Morgan fingerprint density at radius 3 is 2.67 bits per heavy atom. The summed E-state index contributed by atoms with van der Waals surface area (Å²) >= 11 is 0. The largest absolute Gasteiger partial charge is 0.494 e. The van der Waals surface area contributed by atoms with E-state index in [0.717, 1.165) is 17.7 Å². The molecule has 8 nitrogen and oxygen atoms in total. The summed E-state index contributed by atoms with van der Waals surface area (Å²) in [5.41, 5.74) is 1.01. The lowest BCUT2D eigenvalue weighted by atomic mass is 10.1. The molecule has 0 aliphatic carbocycles. The van der Waals surface area contributed by atoms with Gasteiger partial charge in [-0.25, -0.2) is 4.79 Å². The Hall–Kier alpha value is -2.90. The zero-order chi connectivity index (χ0) is 19.4.